The van der Waals surface area contributed by atoms with E-state index in [4.69, 9.17) is 4.74 Å². The second kappa shape index (κ2) is 6.72. The number of anilines is 1. The monoisotopic (exact) mass is 290 g/mol. The van der Waals surface area contributed by atoms with Crippen molar-refractivity contribution >= 4 is 17.6 Å². The molecule has 1 aliphatic heterocycles. The Hall–Kier alpha value is -1.88. The van der Waals surface area contributed by atoms with E-state index in [1.807, 2.05) is 13.8 Å². The van der Waals surface area contributed by atoms with Crippen LogP contribution in [0.5, 0.6) is 0 Å². The summed E-state index contributed by atoms with van der Waals surface area (Å²) in [4.78, 5) is 23.9. The number of rotatable bonds is 5. The third-order valence-electron chi connectivity index (χ3n) is 3.69. The van der Waals surface area contributed by atoms with Crippen LogP contribution in [0.3, 0.4) is 0 Å². The standard InChI is InChI=1S/C16H22N2O3/c1-3-11-21-14(19)12-5-7-13(8-6-12)18-15(20)16(2)9-4-10-17-16/h5-8,17H,3-4,9-11H2,1-2H3,(H,18,20). The molecule has 1 fully saturated rings. The summed E-state index contributed by atoms with van der Waals surface area (Å²) in [5.74, 6) is -0.375. The van der Waals surface area contributed by atoms with Gasteiger partial charge >= 0.3 is 5.97 Å². The molecule has 1 heterocycles. The molecule has 1 aromatic rings. The summed E-state index contributed by atoms with van der Waals surface area (Å²) in [5.41, 5.74) is 0.673. The summed E-state index contributed by atoms with van der Waals surface area (Å²) in [6.07, 6.45) is 2.64. The van der Waals surface area contributed by atoms with Gasteiger partial charge in [0.2, 0.25) is 5.91 Å². The fourth-order valence-corrected chi connectivity index (χ4v) is 2.33. The lowest BCUT2D eigenvalue weighted by Gasteiger charge is -2.23. The molecule has 2 N–H and O–H groups in total. The number of amides is 1. The van der Waals surface area contributed by atoms with Gasteiger partial charge < -0.3 is 15.4 Å². The first-order valence-corrected chi connectivity index (χ1v) is 7.39. The molecule has 0 radical (unpaired) electrons. The van der Waals surface area contributed by atoms with Crippen molar-refractivity contribution in [2.75, 3.05) is 18.5 Å². The highest BCUT2D eigenvalue weighted by atomic mass is 16.5. The van der Waals surface area contributed by atoms with Crippen molar-refractivity contribution in [3.05, 3.63) is 29.8 Å². The van der Waals surface area contributed by atoms with E-state index < -0.39 is 5.54 Å². The Morgan fingerprint density at radius 2 is 2.05 bits per heavy atom. The van der Waals surface area contributed by atoms with Crippen LogP contribution in [0.15, 0.2) is 24.3 Å². The molecule has 114 valence electrons. The number of hydrogen-bond donors (Lipinski definition) is 2. The maximum absolute atomic E-state index is 12.2. The van der Waals surface area contributed by atoms with E-state index in [9.17, 15) is 9.59 Å². The Bertz CT molecular complexity index is 505. The molecule has 0 saturated carbocycles. The minimum atomic E-state index is -0.501. The van der Waals surface area contributed by atoms with Gasteiger partial charge in [-0.05, 0) is 57.0 Å². The Labute approximate surface area is 125 Å². The molecule has 0 aliphatic carbocycles. The van der Waals surface area contributed by atoms with Gasteiger partial charge in [0.05, 0.1) is 17.7 Å². The highest BCUT2D eigenvalue weighted by Crippen LogP contribution is 2.21. The lowest BCUT2D eigenvalue weighted by atomic mass is 9.99. The van der Waals surface area contributed by atoms with Gasteiger partial charge in [0.15, 0.2) is 0 Å². The van der Waals surface area contributed by atoms with E-state index in [-0.39, 0.29) is 11.9 Å². The molecule has 0 spiro atoms. The van der Waals surface area contributed by atoms with Crippen molar-refractivity contribution in [1.82, 2.24) is 5.32 Å². The van der Waals surface area contributed by atoms with Gasteiger partial charge in [0, 0.05) is 5.69 Å². The quantitative estimate of drug-likeness (QED) is 0.817. The van der Waals surface area contributed by atoms with Crippen LogP contribution in [0.4, 0.5) is 5.69 Å². The molecule has 1 saturated heterocycles. The van der Waals surface area contributed by atoms with Crippen LogP contribution in [-0.4, -0.2) is 30.6 Å². The van der Waals surface area contributed by atoms with Gasteiger partial charge in [-0.15, -0.1) is 0 Å². The smallest absolute Gasteiger partial charge is 0.338 e. The van der Waals surface area contributed by atoms with Gasteiger partial charge in [-0.1, -0.05) is 6.92 Å². The van der Waals surface area contributed by atoms with Crippen LogP contribution >= 0.6 is 0 Å². The van der Waals surface area contributed by atoms with Gasteiger partial charge in [0.25, 0.3) is 0 Å². The summed E-state index contributed by atoms with van der Waals surface area (Å²) < 4.78 is 5.06. The Balaban J connectivity index is 1.96. The van der Waals surface area contributed by atoms with Crippen molar-refractivity contribution < 1.29 is 14.3 Å². The third-order valence-corrected chi connectivity index (χ3v) is 3.69. The van der Waals surface area contributed by atoms with Crippen LogP contribution in [0.2, 0.25) is 0 Å². The van der Waals surface area contributed by atoms with Crippen LogP contribution in [0, 0.1) is 0 Å². The number of nitrogens with one attached hydrogen (secondary N) is 2. The summed E-state index contributed by atoms with van der Waals surface area (Å²) in [6.45, 7) is 5.14. The molecule has 0 aromatic heterocycles. The SMILES string of the molecule is CCCOC(=O)c1ccc(NC(=O)C2(C)CCCN2)cc1. The molecule has 0 bridgehead atoms. The first kappa shape index (κ1) is 15.5. The average molecular weight is 290 g/mol. The Kier molecular flexibility index (Phi) is 4.96. The van der Waals surface area contributed by atoms with Crippen LogP contribution in [0.25, 0.3) is 0 Å². The lowest BCUT2D eigenvalue weighted by Crippen LogP contribution is -2.47. The fourth-order valence-electron chi connectivity index (χ4n) is 2.33. The molecule has 1 amide bonds. The first-order valence-electron chi connectivity index (χ1n) is 7.39. The summed E-state index contributed by atoms with van der Waals surface area (Å²) >= 11 is 0. The van der Waals surface area contributed by atoms with Crippen LogP contribution < -0.4 is 10.6 Å². The largest absolute Gasteiger partial charge is 0.462 e. The molecular formula is C16H22N2O3. The molecule has 2 rings (SSSR count). The van der Waals surface area contributed by atoms with Crippen LogP contribution in [0.1, 0.15) is 43.5 Å². The minimum Gasteiger partial charge on any atom is -0.462 e. The number of carbonyl (C=O) groups is 2. The highest BCUT2D eigenvalue weighted by Gasteiger charge is 2.35. The van der Waals surface area contributed by atoms with Gasteiger partial charge in [-0.3, -0.25) is 4.79 Å². The highest BCUT2D eigenvalue weighted by molar-refractivity contribution is 5.98. The number of esters is 1. The van der Waals surface area contributed by atoms with E-state index in [0.29, 0.717) is 17.9 Å². The Morgan fingerprint density at radius 1 is 1.33 bits per heavy atom. The molecular weight excluding hydrogens is 268 g/mol. The van der Waals surface area contributed by atoms with Crippen molar-refractivity contribution in [3.8, 4) is 0 Å². The molecule has 1 atom stereocenters. The number of benzene rings is 1. The van der Waals surface area contributed by atoms with E-state index in [0.717, 1.165) is 25.8 Å². The average Bonchev–Trinajstić information content (AvgIpc) is 2.94. The Morgan fingerprint density at radius 3 is 2.62 bits per heavy atom. The fraction of sp³-hybridized carbons (Fsp3) is 0.500. The molecule has 5 heteroatoms. The first-order chi connectivity index (χ1) is 10.0. The van der Waals surface area contributed by atoms with E-state index in [1.165, 1.54) is 0 Å². The zero-order valence-corrected chi connectivity index (χ0v) is 12.6. The van der Waals surface area contributed by atoms with E-state index >= 15 is 0 Å². The van der Waals surface area contributed by atoms with Crippen molar-refractivity contribution in [2.45, 2.75) is 38.6 Å². The molecule has 1 unspecified atom stereocenters. The minimum absolute atomic E-state index is 0.0405. The van der Waals surface area contributed by atoms with Crippen LogP contribution in [-0.2, 0) is 9.53 Å². The maximum atomic E-state index is 12.2. The van der Waals surface area contributed by atoms with Gasteiger partial charge in [0.1, 0.15) is 0 Å². The predicted octanol–water partition coefficient (Wildman–Crippen LogP) is 2.33. The predicted molar refractivity (Wildman–Crippen MR) is 81.3 cm³/mol. The third kappa shape index (κ3) is 3.82. The lowest BCUT2D eigenvalue weighted by molar-refractivity contribution is -0.121. The number of carbonyl (C=O) groups excluding carboxylic acids is 2. The molecule has 21 heavy (non-hydrogen) atoms. The number of ether oxygens (including phenoxy) is 1. The molecule has 1 aliphatic rings. The molecule has 1 aromatic carbocycles. The summed E-state index contributed by atoms with van der Waals surface area (Å²) in [6, 6.07) is 6.77. The van der Waals surface area contributed by atoms with Crippen molar-refractivity contribution in [3.63, 3.8) is 0 Å². The zero-order chi connectivity index (χ0) is 15.3. The van der Waals surface area contributed by atoms with Crippen molar-refractivity contribution in [2.24, 2.45) is 0 Å². The van der Waals surface area contributed by atoms with Gasteiger partial charge in [-0.2, -0.15) is 0 Å². The normalized spacial score (nSPS) is 21.0. The molecule has 5 nitrogen and oxygen atoms in total. The topological polar surface area (TPSA) is 67.4 Å². The second-order valence-electron chi connectivity index (χ2n) is 5.53. The van der Waals surface area contributed by atoms with Gasteiger partial charge in [-0.25, -0.2) is 4.79 Å². The van der Waals surface area contributed by atoms with E-state index in [1.54, 1.807) is 24.3 Å². The summed E-state index contributed by atoms with van der Waals surface area (Å²) in [7, 11) is 0. The van der Waals surface area contributed by atoms with Crippen molar-refractivity contribution in [1.29, 1.82) is 0 Å². The number of hydrogen-bond acceptors (Lipinski definition) is 4. The second-order valence-corrected chi connectivity index (χ2v) is 5.53. The van der Waals surface area contributed by atoms with E-state index in [2.05, 4.69) is 10.6 Å². The zero-order valence-electron chi connectivity index (χ0n) is 12.6. The summed E-state index contributed by atoms with van der Waals surface area (Å²) in [5, 5.41) is 6.10. The maximum Gasteiger partial charge on any atom is 0.338 e.